The summed E-state index contributed by atoms with van der Waals surface area (Å²) in [6.07, 6.45) is 3.44. The van der Waals surface area contributed by atoms with Gasteiger partial charge in [0.1, 0.15) is 0 Å². The molecule has 1 fully saturated rings. The van der Waals surface area contributed by atoms with Crippen LogP contribution in [-0.4, -0.2) is 67.2 Å². The topological polar surface area (TPSA) is 72.9 Å². The van der Waals surface area contributed by atoms with Gasteiger partial charge in [-0.3, -0.25) is 4.79 Å². The van der Waals surface area contributed by atoms with Gasteiger partial charge < -0.3 is 20.2 Å². The van der Waals surface area contributed by atoms with Crippen molar-refractivity contribution in [1.82, 2.24) is 15.1 Å². The molecule has 6 nitrogen and oxygen atoms in total. The van der Waals surface area contributed by atoms with E-state index in [-0.39, 0.29) is 29.9 Å². The molecule has 1 aliphatic heterocycles. The van der Waals surface area contributed by atoms with Crippen molar-refractivity contribution in [3.8, 4) is 0 Å². The number of nitrogens with zero attached hydrogens (tertiary/aromatic N) is 2. The molecule has 0 unspecified atom stereocenters. The highest BCUT2D eigenvalue weighted by Crippen LogP contribution is 2.21. The number of hydrogen-bond acceptors (Lipinski definition) is 3. The number of likely N-dealkylation sites (tertiary alicyclic amines) is 1. The van der Waals surface area contributed by atoms with Crippen LogP contribution in [0.2, 0.25) is 0 Å². The lowest BCUT2D eigenvalue weighted by atomic mass is 9.89. The molecule has 0 radical (unpaired) electrons. The Balaban J connectivity index is 2.34. The molecule has 2 N–H and O–H groups in total. The van der Waals surface area contributed by atoms with Crippen molar-refractivity contribution >= 4 is 11.9 Å². The molecule has 0 bridgehead atoms. The minimum Gasteiger partial charge on any atom is -0.396 e. The Morgan fingerprint density at radius 2 is 2.05 bits per heavy atom. The van der Waals surface area contributed by atoms with Crippen LogP contribution in [0.4, 0.5) is 4.79 Å². The van der Waals surface area contributed by atoms with Crippen LogP contribution in [0.3, 0.4) is 0 Å². The number of piperidine rings is 1. The van der Waals surface area contributed by atoms with Crippen LogP contribution in [0.25, 0.3) is 0 Å². The quantitative estimate of drug-likeness (QED) is 0.726. The maximum atomic E-state index is 12.2. The van der Waals surface area contributed by atoms with Crippen molar-refractivity contribution in [2.45, 2.75) is 39.5 Å². The first kappa shape index (κ1) is 18.7. The van der Waals surface area contributed by atoms with E-state index < -0.39 is 0 Å². The zero-order valence-electron chi connectivity index (χ0n) is 14.4. The highest BCUT2D eigenvalue weighted by Gasteiger charge is 2.28. The first-order valence-corrected chi connectivity index (χ1v) is 8.11. The van der Waals surface area contributed by atoms with Gasteiger partial charge in [0.2, 0.25) is 5.91 Å². The van der Waals surface area contributed by atoms with Crippen LogP contribution < -0.4 is 5.32 Å². The van der Waals surface area contributed by atoms with Crippen molar-refractivity contribution in [2.24, 2.45) is 11.3 Å². The maximum absolute atomic E-state index is 12.2. The fourth-order valence-electron chi connectivity index (χ4n) is 2.65. The summed E-state index contributed by atoms with van der Waals surface area (Å²) >= 11 is 0. The summed E-state index contributed by atoms with van der Waals surface area (Å²) in [4.78, 5) is 27.5. The standard InChI is InChI=1S/C16H31N3O3/c1-16(2,12-20)8-6-9-17-14(21)13-7-5-10-19(11-13)15(22)18(3)4/h13,20H,5-12H2,1-4H3,(H,17,21)/t13-/m0/s1. The van der Waals surface area contributed by atoms with E-state index in [9.17, 15) is 14.7 Å². The number of carbonyl (C=O) groups is 2. The van der Waals surface area contributed by atoms with Gasteiger partial charge in [-0.05, 0) is 31.1 Å². The second-order valence-corrected chi connectivity index (χ2v) is 7.18. The Bertz CT molecular complexity index is 383. The number of rotatable bonds is 6. The number of nitrogens with one attached hydrogen (secondary N) is 1. The first-order chi connectivity index (χ1) is 10.3. The molecule has 1 rings (SSSR count). The summed E-state index contributed by atoms with van der Waals surface area (Å²) in [5, 5.41) is 12.2. The average Bonchev–Trinajstić information content (AvgIpc) is 2.50. The van der Waals surface area contributed by atoms with Crippen molar-refractivity contribution in [3.63, 3.8) is 0 Å². The maximum Gasteiger partial charge on any atom is 0.319 e. The molecule has 128 valence electrons. The monoisotopic (exact) mass is 313 g/mol. The average molecular weight is 313 g/mol. The highest BCUT2D eigenvalue weighted by molar-refractivity contribution is 5.80. The summed E-state index contributed by atoms with van der Waals surface area (Å²) in [5.74, 6) is -0.0680. The summed E-state index contributed by atoms with van der Waals surface area (Å²) in [5.41, 5.74) is -0.0928. The molecule has 0 spiro atoms. The number of hydrogen-bond donors (Lipinski definition) is 2. The first-order valence-electron chi connectivity index (χ1n) is 8.11. The summed E-state index contributed by atoms with van der Waals surface area (Å²) in [6.45, 7) is 6.05. The number of aliphatic hydroxyl groups excluding tert-OH is 1. The summed E-state index contributed by atoms with van der Waals surface area (Å²) in [7, 11) is 3.46. The minimum absolute atomic E-state index is 0.0257. The van der Waals surface area contributed by atoms with E-state index in [1.165, 1.54) is 0 Å². The van der Waals surface area contributed by atoms with Crippen molar-refractivity contribution in [2.75, 3.05) is 40.3 Å². The van der Waals surface area contributed by atoms with E-state index in [0.29, 0.717) is 13.1 Å². The van der Waals surface area contributed by atoms with E-state index >= 15 is 0 Å². The van der Waals surface area contributed by atoms with E-state index in [4.69, 9.17) is 0 Å². The van der Waals surface area contributed by atoms with Gasteiger partial charge in [0.15, 0.2) is 0 Å². The summed E-state index contributed by atoms with van der Waals surface area (Å²) < 4.78 is 0. The second-order valence-electron chi connectivity index (χ2n) is 7.18. The van der Waals surface area contributed by atoms with E-state index in [2.05, 4.69) is 5.32 Å². The zero-order chi connectivity index (χ0) is 16.8. The largest absolute Gasteiger partial charge is 0.396 e. The van der Waals surface area contributed by atoms with Crippen molar-refractivity contribution in [3.05, 3.63) is 0 Å². The van der Waals surface area contributed by atoms with Crippen LogP contribution in [0.1, 0.15) is 39.5 Å². The Labute approximate surface area is 133 Å². The molecule has 1 saturated heterocycles. The molecule has 6 heteroatoms. The molecular weight excluding hydrogens is 282 g/mol. The molecule has 1 heterocycles. The van der Waals surface area contributed by atoms with Crippen LogP contribution in [0.15, 0.2) is 0 Å². The fraction of sp³-hybridized carbons (Fsp3) is 0.875. The Morgan fingerprint density at radius 1 is 1.36 bits per heavy atom. The molecule has 1 aliphatic rings. The Hall–Kier alpha value is -1.30. The van der Waals surface area contributed by atoms with Gasteiger partial charge in [-0.1, -0.05) is 13.8 Å². The van der Waals surface area contributed by atoms with E-state index in [1.54, 1.807) is 23.9 Å². The van der Waals surface area contributed by atoms with Gasteiger partial charge >= 0.3 is 6.03 Å². The van der Waals surface area contributed by atoms with Gasteiger partial charge in [-0.25, -0.2) is 4.79 Å². The normalized spacial score (nSPS) is 19.0. The lowest BCUT2D eigenvalue weighted by molar-refractivity contribution is -0.126. The third kappa shape index (κ3) is 5.83. The molecule has 1 atom stereocenters. The SMILES string of the molecule is CN(C)C(=O)N1CCC[C@H](C(=O)NCCCC(C)(C)CO)C1. The van der Waals surface area contributed by atoms with E-state index in [0.717, 1.165) is 32.2 Å². The molecule has 0 aromatic rings. The molecule has 0 saturated carbocycles. The van der Waals surface area contributed by atoms with Gasteiger partial charge in [0.25, 0.3) is 0 Å². The van der Waals surface area contributed by atoms with Gasteiger partial charge in [-0.15, -0.1) is 0 Å². The summed E-state index contributed by atoms with van der Waals surface area (Å²) in [6, 6.07) is -0.0257. The van der Waals surface area contributed by atoms with Crippen LogP contribution in [0.5, 0.6) is 0 Å². The zero-order valence-corrected chi connectivity index (χ0v) is 14.4. The van der Waals surface area contributed by atoms with Gasteiger partial charge in [0.05, 0.1) is 5.92 Å². The molecule has 0 aromatic heterocycles. The number of urea groups is 1. The van der Waals surface area contributed by atoms with Crippen molar-refractivity contribution in [1.29, 1.82) is 0 Å². The fourth-order valence-corrected chi connectivity index (χ4v) is 2.65. The lowest BCUT2D eigenvalue weighted by Gasteiger charge is -2.33. The van der Waals surface area contributed by atoms with Crippen LogP contribution in [0, 0.1) is 11.3 Å². The predicted molar refractivity (Wildman–Crippen MR) is 86.5 cm³/mol. The Kier molecular flexibility index (Phi) is 7.13. The smallest absolute Gasteiger partial charge is 0.319 e. The number of aliphatic hydroxyl groups is 1. The number of amides is 3. The molecule has 22 heavy (non-hydrogen) atoms. The third-order valence-electron chi connectivity index (χ3n) is 4.20. The molecule has 0 aromatic carbocycles. The third-order valence-corrected chi connectivity index (χ3v) is 4.20. The Morgan fingerprint density at radius 3 is 2.64 bits per heavy atom. The predicted octanol–water partition coefficient (Wildman–Crippen LogP) is 1.29. The molecular formula is C16H31N3O3. The molecule has 0 aliphatic carbocycles. The lowest BCUT2D eigenvalue weighted by Crippen LogP contribution is -2.48. The van der Waals surface area contributed by atoms with Crippen LogP contribution in [-0.2, 0) is 4.79 Å². The van der Waals surface area contributed by atoms with E-state index in [1.807, 2.05) is 13.8 Å². The van der Waals surface area contributed by atoms with Crippen molar-refractivity contribution < 1.29 is 14.7 Å². The van der Waals surface area contributed by atoms with Gasteiger partial charge in [0, 0.05) is 40.3 Å². The second kappa shape index (κ2) is 8.36. The molecule has 3 amide bonds. The minimum atomic E-state index is -0.108. The number of carbonyl (C=O) groups excluding carboxylic acids is 2. The highest BCUT2D eigenvalue weighted by atomic mass is 16.3. The van der Waals surface area contributed by atoms with Crippen LogP contribution >= 0.6 is 0 Å². The van der Waals surface area contributed by atoms with Gasteiger partial charge in [-0.2, -0.15) is 0 Å².